The van der Waals surface area contributed by atoms with Gasteiger partial charge in [0.1, 0.15) is 5.75 Å². The monoisotopic (exact) mass is 359 g/mol. The third-order valence-corrected chi connectivity index (χ3v) is 5.30. The molecule has 0 radical (unpaired) electrons. The summed E-state index contributed by atoms with van der Waals surface area (Å²) < 4.78 is 5.23. The second-order valence-electron chi connectivity index (χ2n) is 7.27. The highest BCUT2D eigenvalue weighted by Crippen LogP contribution is 2.19. The van der Waals surface area contributed by atoms with E-state index in [4.69, 9.17) is 4.74 Å². The van der Waals surface area contributed by atoms with E-state index in [0.717, 1.165) is 56.6 Å². The molecule has 3 rings (SSSR count). The van der Waals surface area contributed by atoms with E-state index in [0.29, 0.717) is 18.9 Å². The van der Waals surface area contributed by atoms with Gasteiger partial charge < -0.3 is 20.3 Å². The first kappa shape index (κ1) is 18.7. The fourth-order valence-electron chi connectivity index (χ4n) is 3.80. The van der Waals surface area contributed by atoms with E-state index >= 15 is 0 Å². The van der Waals surface area contributed by atoms with Gasteiger partial charge in [-0.1, -0.05) is 12.1 Å². The zero-order valence-corrected chi connectivity index (χ0v) is 15.5. The summed E-state index contributed by atoms with van der Waals surface area (Å²) in [5.74, 6) is 1.35. The normalized spacial score (nSPS) is 22.9. The van der Waals surface area contributed by atoms with Crippen molar-refractivity contribution in [3.8, 4) is 5.75 Å². The molecule has 0 aromatic heterocycles. The van der Waals surface area contributed by atoms with Crippen LogP contribution in [-0.2, 0) is 16.0 Å². The summed E-state index contributed by atoms with van der Waals surface area (Å²) in [6.45, 7) is 3.10. The molecule has 2 atom stereocenters. The number of methoxy groups -OCH3 is 1. The van der Waals surface area contributed by atoms with Crippen LogP contribution in [0.25, 0.3) is 0 Å². The molecule has 2 aliphatic heterocycles. The minimum atomic E-state index is -0.0376. The van der Waals surface area contributed by atoms with Gasteiger partial charge in [0.2, 0.25) is 11.8 Å². The lowest BCUT2D eigenvalue weighted by Crippen LogP contribution is -2.47. The Morgan fingerprint density at radius 1 is 1.31 bits per heavy atom. The van der Waals surface area contributed by atoms with E-state index in [9.17, 15) is 9.59 Å². The van der Waals surface area contributed by atoms with Gasteiger partial charge in [-0.25, -0.2) is 0 Å². The molecule has 2 fully saturated rings. The largest absolute Gasteiger partial charge is 0.497 e. The Hall–Kier alpha value is -2.08. The average molecular weight is 359 g/mol. The molecule has 2 unspecified atom stereocenters. The van der Waals surface area contributed by atoms with Crippen LogP contribution in [0.4, 0.5) is 0 Å². The van der Waals surface area contributed by atoms with Gasteiger partial charge in [0.05, 0.1) is 19.6 Å². The lowest BCUT2D eigenvalue weighted by molar-refractivity contribution is -0.132. The van der Waals surface area contributed by atoms with Gasteiger partial charge in [-0.2, -0.15) is 0 Å². The predicted octanol–water partition coefficient (Wildman–Crippen LogP) is 1.34. The Balaban J connectivity index is 1.47. The predicted molar refractivity (Wildman–Crippen MR) is 100 cm³/mol. The van der Waals surface area contributed by atoms with Crippen molar-refractivity contribution in [3.63, 3.8) is 0 Å². The van der Waals surface area contributed by atoms with E-state index < -0.39 is 0 Å². The molecule has 6 nitrogen and oxygen atoms in total. The first-order chi connectivity index (χ1) is 12.7. The van der Waals surface area contributed by atoms with Crippen molar-refractivity contribution in [3.05, 3.63) is 29.8 Å². The van der Waals surface area contributed by atoms with Gasteiger partial charge in [-0.15, -0.1) is 0 Å². The van der Waals surface area contributed by atoms with Crippen molar-refractivity contribution in [1.29, 1.82) is 0 Å². The highest BCUT2D eigenvalue weighted by atomic mass is 16.5. The van der Waals surface area contributed by atoms with Crippen molar-refractivity contribution in [1.82, 2.24) is 15.5 Å². The number of carbonyl (C=O) groups excluding carboxylic acids is 2. The molecular formula is C20H29N3O3. The molecule has 2 saturated heterocycles. The van der Waals surface area contributed by atoms with Crippen LogP contribution in [0.5, 0.6) is 5.75 Å². The second-order valence-corrected chi connectivity index (χ2v) is 7.27. The maximum atomic E-state index is 12.6. The second kappa shape index (κ2) is 9.03. The first-order valence-electron chi connectivity index (χ1n) is 9.57. The fourth-order valence-corrected chi connectivity index (χ4v) is 3.80. The summed E-state index contributed by atoms with van der Waals surface area (Å²) in [5, 5.41) is 6.28. The minimum Gasteiger partial charge on any atom is -0.497 e. The first-order valence-corrected chi connectivity index (χ1v) is 9.57. The molecule has 2 aliphatic rings. The molecule has 6 heteroatoms. The summed E-state index contributed by atoms with van der Waals surface area (Å²) in [5.41, 5.74) is 0.970. The molecule has 2 heterocycles. The van der Waals surface area contributed by atoms with Crippen LogP contribution < -0.4 is 15.4 Å². The molecule has 0 bridgehead atoms. The van der Waals surface area contributed by atoms with Crippen LogP contribution in [-0.4, -0.2) is 56.0 Å². The van der Waals surface area contributed by atoms with E-state index in [-0.39, 0.29) is 17.9 Å². The Morgan fingerprint density at radius 3 is 2.96 bits per heavy atom. The van der Waals surface area contributed by atoms with Gasteiger partial charge >= 0.3 is 0 Å². The molecule has 0 aliphatic carbocycles. The fraction of sp³-hybridized carbons (Fsp3) is 0.600. The number of nitrogens with one attached hydrogen (secondary N) is 2. The van der Waals surface area contributed by atoms with Crippen molar-refractivity contribution in [2.24, 2.45) is 5.92 Å². The molecule has 26 heavy (non-hydrogen) atoms. The Labute approximate surface area is 155 Å². The SMILES string of the molecule is COc1cccc(CC(=O)N2CCCC(CNC(=O)C3CCCN3)C2)c1. The zero-order valence-electron chi connectivity index (χ0n) is 15.5. The topological polar surface area (TPSA) is 70.7 Å². The lowest BCUT2D eigenvalue weighted by Gasteiger charge is -2.33. The van der Waals surface area contributed by atoms with Crippen LogP contribution in [0.1, 0.15) is 31.2 Å². The highest BCUT2D eigenvalue weighted by molar-refractivity contribution is 5.82. The van der Waals surface area contributed by atoms with E-state index in [1.165, 1.54) is 0 Å². The van der Waals surface area contributed by atoms with Crippen LogP contribution in [0, 0.1) is 5.92 Å². The number of hydrogen-bond donors (Lipinski definition) is 2. The minimum absolute atomic E-state index is 0.0376. The third kappa shape index (κ3) is 4.97. The van der Waals surface area contributed by atoms with E-state index in [1.807, 2.05) is 29.2 Å². The number of ether oxygens (including phenoxy) is 1. The quantitative estimate of drug-likeness (QED) is 0.804. The number of carbonyl (C=O) groups is 2. The van der Waals surface area contributed by atoms with Gasteiger partial charge in [0.15, 0.2) is 0 Å². The van der Waals surface area contributed by atoms with E-state index in [2.05, 4.69) is 10.6 Å². The van der Waals surface area contributed by atoms with Crippen LogP contribution in [0.2, 0.25) is 0 Å². The Morgan fingerprint density at radius 2 is 2.19 bits per heavy atom. The summed E-state index contributed by atoms with van der Waals surface area (Å²) in [7, 11) is 1.63. The number of rotatable bonds is 6. The number of amides is 2. The molecule has 1 aromatic carbocycles. The van der Waals surface area contributed by atoms with Gasteiger partial charge in [0.25, 0.3) is 0 Å². The molecular weight excluding hydrogens is 330 g/mol. The molecule has 1 aromatic rings. The lowest BCUT2D eigenvalue weighted by atomic mass is 9.97. The summed E-state index contributed by atoms with van der Waals surface area (Å²) >= 11 is 0. The molecule has 0 spiro atoms. The molecule has 0 saturated carbocycles. The van der Waals surface area contributed by atoms with Crippen LogP contribution in [0.15, 0.2) is 24.3 Å². The van der Waals surface area contributed by atoms with Gasteiger partial charge in [-0.3, -0.25) is 9.59 Å². The standard InChI is InChI=1S/C20H29N3O3/c1-26-17-7-2-5-15(11-17)12-19(24)23-10-4-6-16(14-23)13-22-20(25)18-8-3-9-21-18/h2,5,7,11,16,18,21H,3-4,6,8-10,12-14H2,1H3,(H,22,25). The van der Waals surface area contributed by atoms with Crippen molar-refractivity contribution >= 4 is 11.8 Å². The van der Waals surface area contributed by atoms with Gasteiger partial charge in [0, 0.05) is 19.6 Å². The number of nitrogens with zero attached hydrogens (tertiary/aromatic N) is 1. The summed E-state index contributed by atoms with van der Waals surface area (Å²) in [6.07, 6.45) is 4.42. The molecule has 142 valence electrons. The zero-order chi connectivity index (χ0) is 18.4. The smallest absolute Gasteiger partial charge is 0.237 e. The number of piperidine rings is 1. The molecule has 2 N–H and O–H groups in total. The highest BCUT2D eigenvalue weighted by Gasteiger charge is 2.26. The van der Waals surface area contributed by atoms with Crippen molar-refractivity contribution in [2.45, 2.75) is 38.1 Å². The summed E-state index contributed by atoms with van der Waals surface area (Å²) in [4.78, 5) is 26.7. The summed E-state index contributed by atoms with van der Waals surface area (Å²) in [6, 6.07) is 7.62. The molecule has 2 amide bonds. The number of benzene rings is 1. The number of likely N-dealkylation sites (tertiary alicyclic amines) is 1. The Kier molecular flexibility index (Phi) is 6.50. The van der Waals surface area contributed by atoms with Crippen LogP contribution in [0.3, 0.4) is 0 Å². The van der Waals surface area contributed by atoms with Gasteiger partial charge in [-0.05, 0) is 55.8 Å². The van der Waals surface area contributed by atoms with E-state index in [1.54, 1.807) is 7.11 Å². The van der Waals surface area contributed by atoms with Crippen LogP contribution >= 0.6 is 0 Å². The van der Waals surface area contributed by atoms with Crippen molar-refractivity contribution in [2.75, 3.05) is 33.3 Å². The Bertz CT molecular complexity index is 628. The average Bonchev–Trinajstić information content (AvgIpc) is 3.21. The third-order valence-electron chi connectivity index (χ3n) is 5.30. The number of hydrogen-bond acceptors (Lipinski definition) is 4. The van der Waals surface area contributed by atoms with Crippen molar-refractivity contribution < 1.29 is 14.3 Å². The maximum absolute atomic E-state index is 12.6. The maximum Gasteiger partial charge on any atom is 0.237 e.